The lowest BCUT2D eigenvalue weighted by atomic mass is 9.87. The number of carbonyl (C=O) groups excluding carboxylic acids is 1. The van der Waals surface area contributed by atoms with Gasteiger partial charge in [0.2, 0.25) is 5.91 Å². The number of aryl methyl sites for hydroxylation is 2. The molecule has 0 bridgehead atoms. The molecule has 1 aliphatic heterocycles. The second-order valence-corrected chi connectivity index (χ2v) is 9.08. The van der Waals surface area contributed by atoms with Gasteiger partial charge in [0.05, 0.1) is 12.6 Å². The standard InChI is InChI=1S/C26H30N4O2/c1-18-9-11-21(12-10-18)26-28-24(29-32-26)17-30-15-13-20(14-16-30)25(31)27-23-8-4-6-19-5-2-3-7-22(19)23/h2-3,5,7,9-12,20,23H,4,6,8,13-17H2,1H3,(H,27,31)/t23-/m0/s1. The summed E-state index contributed by atoms with van der Waals surface area (Å²) in [6, 6.07) is 16.8. The van der Waals surface area contributed by atoms with Crippen molar-refractivity contribution in [1.29, 1.82) is 0 Å². The Labute approximate surface area is 189 Å². The fraction of sp³-hybridized carbons (Fsp3) is 0.423. The summed E-state index contributed by atoms with van der Waals surface area (Å²) in [6.07, 6.45) is 5.01. The number of nitrogens with one attached hydrogen (secondary N) is 1. The number of hydrogen-bond acceptors (Lipinski definition) is 5. The van der Waals surface area contributed by atoms with Crippen LogP contribution in [0.4, 0.5) is 0 Å². The molecule has 1 fully saturated rings. The Bertz CT molecular complexity index is 1070. The molecule has 1 saturated heterocycles. The molecule has 2 heterocycles. The first-order valence-electron chi connectivity index (χ1n) is 11.7. The quantitative estimate of drug-likeness (QED) is 0.647. The summed E-state index contributed by atoms with van der Waals surface area (Å²) in [5, 5.41) is 7.49. The summed E-state index contributed by atoms with van der Waals surface area (Å²) in [5.74, 6) is 1.53. The number of carbonyl (C=O) groups is 1. The molecular weight excluding hydrogens is 400 g/mol. The third-order valence-corrected chi connectivity index (χ3v) is 6.78. The van der Waals surface area contributed by atoms with E-state index in [0.717, 1.165) is 50.8 Å². The molecule has 0 unspecified atom stereocenters. The summed E-state index contributed by atoms with van der Waals surface area (Å²) >= 11 is 0. The summed E-state index contributed by atoms with van der Waals surface area (Å²) in [5.41, 5.74) is 4.82. The summed E-state index contributed by atoms with van der Waals surface area (Å²) in [4.78, 5) is 19.8. The van der Waals surface area contributed by atoms with Crippen molar-refractivity contribution in [2.75, 3.05) is 13.1 Å². The van der Waals surface area contributed by atoms with Gasteiger partial charge in [0.1, 0.15) is 0 Å². The fourth-order valence-corrected chi connectivity index (χ4v) is 4.88. The second-order valence-electron chi connectivity index (χ2n) is 9.08. The van der Waals surface area contributed by atoms with Gasteiger partial charge in [-0.3, -0.25) is 9.69 Å². The topological polar surface area (TPSA) is 71.3 Å². The van der Waals surface area contributed by atoms with Crippen LogP contribution in [0.2, 0.25) is 0 Å². The fourth-order valence-electron chi connectivity index (χ4n) is 4.88. The van der Waals surface area contributed by atoms with E-state index in [9.17, 15) is 4.79 Å². The first kappa shape index (κ1) is 20.9. The molecule has 6 nitrogen and oxygen atoms in total. The highest BCUT2D eigenvalue weighted by molar-refractivity contribution is 5.79. The Morgan fingerprint density at radius 2 is 1.88 bits per heavy atom. The SMILES string of the molecule is Cc1ccc(-c2nc(CN3CCC(C(=O)N[C@H]4CCCc5ccccc54)CC3)no2)cc1. The number of piperidine rings is 1. The molecule has 1 aliphatic carbocycles. The third-order valence-electron chi connectivity index (χ3n) is 6.78. The average molecular weight is 431 g/mol. The molecule has 1 atom stereocenters. The van der Waals surface area contributed by atoms with Gasteiger partial charge in [-0.25, -0.2) is 0 Å². The normalized spacial score (nSPS) is 19.5. The van der Waals surface area contributed by atoms with Crippen molar-refractivity contribution in [3.8, 4) is 11.5 Å². The van der Waals surface area contributed by atoms with Gasteiger partial charge in [0.15, 0.2) is 5.82 Å². The molecule has 2 aliphatic rings. The number of nitrogens with zero attached hydrogens (tertiary/aromatic N) is 3. The van der Waals surface area contributed by atoms with Crippen LogP contribution in [-0.2, 0) is 17.8 Å². The van der Waals surface area contributed by atoms with Crippen LogP contribution in [0.15, 0.2) is 53.1 Å². The molecular formula is C26H30N4O2. The lowest BCUT2D eigenvalue weighted by Gasteiger charge is -2.32. The van der Waals surface area contributed by atoms with Crippen LogP contribution in [0.25, 0.3) is 11.5 Å². The highest BCUT2D eigenvalue weighted by Crippen LogP contribution is 2.30. The Balaban J connectivity index is 1.13. The van der Waals surface area contributed by atoms with Gasteiger partial charge in [-0.15, -0.1) is 0 Å². The lowest BCUT2D eigenvalue weighted by molar-refractivity contribution is -0.127. The van der Waals surface area contributed by atoms with Crippen LogP contribution < -0.4 is 5.32 Å². The predicted molar refractivity (Wildman–Crippen MR) is 123 cm³/mol. The number of rotatable bonds is 5. The molecule has 0 radical (unpaired) electrons. The molecule has 0 spiro atoms. The van der Waals surface area contributed by atoms with Crippen LogP contribution in [0.3, 0.4) is 0 Å². The van der Waals surface area contributed by atoms with Crippen molar-refractivity contribution < 1.29 is 9.32 Å². The lowest BCUT2D eigenvalue weighted by Crippen LogP contribution is -2.42. The zero-order chi connectivity index (χ0) is 21.9. The van der Waals surface area contributed by atoms with E-state index < -0.39 is 0 Å². The van der Waals surface area contributed by atoms with E-state index in [4.69, 9.17) is 4.52 Å². The number of aromatic nitrogens is 2. The molecule has 32 heavy (non-hydrogen) atoms. The summed E-state index contributed by atoms with van der Waals surface area (Å²) in [6.45, 7) is 4.45. The van der Waals surface area contributed by atoms with Crippen LogP contribution >= 0.6 is 0 Å². The molecule has 0 saturated carbocycles. The zero-order valence-corrected chi connectivity index (χ0v) is 18.6. The van der Waals surface area contributed by atoms with Crippen molar-refractivity contribution in [3.63, 3.8) is 0 Å². The number of fused-ring (bicyclic) bond motifs is 1. The molecule has 5 rings (SSSR count). The van der Waals surface area contributed by atoms with Crippen molar-refractivity contribution in [2.24, 2.45) is 5.92 Å². The van der Waals surface area contributed by atoms with Crippen molar-refractivity contribution in [2.45, 2.75) is 51.6 Å². The van der Waals surface area contributed by atoms with E-state index >= 15 is 0 Å². The average Bonchev–Trinajstić information content (AvgIpc) is 3.29. The van der Waals surface area contributed by atoms with Gasteiger partial charge in [0, 0.05) is 11.5 Å². The zero-order valence-electron chi connectivity index (χ0n) is 18.6. The smallest absolute Gasteiger partial charge is 0.257 e. The minimum absolute atomic E-state index is 0.0775. The van der Waals surface area contributed by atoms with Gasteiger partial charge in [-0.1, -0.05) is 47.1 Å². The van der Waals surface area contributed by atoms with Crippen molar-refractivity contribution >= 4 is 5.91 Å². The Morgan fingerprint density at radius 3 is 2.69 bits per heavy atom. The maximum atomic E-state index is 13.0. The number of likely N-dealkylation sites (tertiary alicyclic amines) is 1. The van der Waals surface area contributed by atoms with Gasteiger partial charge in [-0.05, 0) is 75.4 Å². The molecule has 1 aromatic heterocycles. The molecule has 6 heteroatoms. The van der Waals surface area contributed by atoms with Crippen LogP contribution in [-0.4, -0.2) is 34.0 Å². The van der Waals surface area contributed by atoms with E-state index in [1.54, 1.807) is 0 Å². The molecule has 166 valence electrons. The monoisotopic (exact) mass is 430 g/mol. The molecule has 1 N–H and O–H groups in total. The van der Waals surface area contributed by atoms with Gasteiger partial charge in [0.25, 0.3) is 5.89 Å². The highest BCUT2D eigenvalue weighted by Gasteiger charge is 2.29. The minimum Gasteiger partial charge on any atom is -0.349 e. The third kappa shape index (κ3) is 4.60. The predicted octanol–water partition coefficient (Wildman–Crippen LogP) is 4.45. The number of amides is 1. The first-order valence-corrected chi connectivity index (χ1v) is 11.7. The first-order chi connectivity index (χ1) is 15.7. The van der Waals surface area contributed by atoms with E-state index in [2.05, 4.69) is 51.5 Å². The maximum absolute atomic E-state index is 13.0. The van der Waals surface area contributed by atoms with E-state index in [1.807, 2.05) is 24.3 Å². The molecule has 2 aromatic carbocycles. The number of hydrogen-bond donors (Lipinski definition) is 1. The maximum Gasteiger partial charge on any atom is 0.257 e. The van der Waals surface area contributed by atoms with Crippen LogP contribution in [0.5, 0.6) is 0 Å². The van der Waals surface area contributed by atoms with Gasteiger partial charge >= 0.3 is 0 Å². The summed E-state index contributed by atoms with van der Waals surface area (Å²) in [7, 11) is 0. The molecule has 3 aromatic rings. The van der Waals surface area contributed by atoms with Crippen LogP contribution in [0.1, 0.15) is 54.2 Å². The van der Waals surface area contributed by atoms with Gasteiger partial charge in [-0.2, -0.15) is 4.98 Å². The number of benzene rings is 2. The van der Waals surface area contributed by atoms with Crippen molar-refractivity contribution in [1.82, 2.24) is 20.4 Å². The Kier molecular flexibility index (Phi) is 6.04. The summed E-state index contributed by atoms with van der Waals surface area (Å²) < 4.78 is 5.45. The van der Waals surface area contributed by atoms with E-state index in [1.165, 1.54) is 16.7 Å². The second kappa shape index (κ2) is 9.25. The largest absolute Gasteiger partial charge is 0.349 e. The Hall–Kier alpha value is -2.99. The van der Waals surface area contributed by atoms with E-state index in [-0.39, 0.29) is 17.9 Å². The van der Waals surface area contributed by atoms with Crippen molar-refractivity contribution in [3.05, 3.63) is 71.0 Å². The molecule has 1 amide bonds. The van der Waals surface area contributed by atoms with E-state index in [0.29, 0.717) is 18.3 Å². The Morgan fingerprint density at radius 1 is 1.09 bits per heavy atom. The van der Waals surface area contributed by atoms with Gasteiger partial charge < -0.3 is 9.84 Å². The minimum atomic E-state index is 0.0775. The van der Waals surface area contributed by atoms with Crippen LogP contribution in [0, 0.1) is 12.8 Å². The highest BCUT2D eigenvalue weighted by atomic mass is 16.5.